The molecule has 1 saturated heterocycles. The first kappa shape index (κ1) is 20.5. The van der Waals surface area contributed by atoms with Crippen LogP contribution in [-0.2, 0) is 14.3 Å². The maximum atomic E-state index is 13.2. The van der Waals surface area contributed by atoms with Crippen molar-refractivity contribution < 1.29 is 23.9 Å². The van der Waals surface area contributed by atoms with Crippen LogP contribution < -0.4 is 4.90 Å². The summed E-state index contributed by atoms with van der Waals surface area (Å²) in [5.41, 5.74) is 1.17. The van der Waals surface area contributed by atoms with Crippen molar-refractivity contribution in [3.63, 3.8) is 0 Å². The monoisotopic (exact) mass is 505 g/mol. The van der Waals surface area contributed by atoms with Gasteiger partial charge in [0, 0.05) is 10.0 Å². The van der Waals surface area contributed by atoms with Crippen LogP contribution in [0.15, 0.2) is 65.2 Å². The molecule has 1 aliphatic heterocycles. The number of rotatable bonds is 5. The van der Waals surface area contributed by atoms with Crippen molar-refractivity contribution in [1.82, 2.24) is 0 Å². The second kappa shape index (κ2) is 7.48. The van der Waals surface area contributed by atoms with E-state index < -0.39 is 5.97 Å². The molecule has 3 fully saturated rings. The van der Waals surface area contributed by atoms with E-state index in [2.05, 4.69) is 28.1 Å². The number of carbonyl (C=O) groups is 4. The smallest absolute Gasteiger partial charge is 0.338 e. The first-order chi connectivity index (χ1) is 15.9. The van der Waals surface area contributed by atoms with Crippen molar-refractivity contribution in [2.45, 2.75) is 6.42 Å². The third-order valence-corrected chi connectivity index (χ3v) is 8.05. The van der Waals surface area contributed by atoms with Crippen molar-refractivity contribution in [1.29, 1.82) is 0 Å². The average Bonchev–Trinajstić information content (AvgIpc) is 3.61. The van der Waals surface area contributed by atoms with Crippen molar-refractivity contribution in [3.05, 3.63) is 76.3 Å². The lowest BCUT2D eigenvalue weighted by molar-refractivity contribution is -0.124. The summed E-state index contributed by atoms with van der Waals surface area (Å²) in [7, 11) is 0. The number of halogens is 1. The number of ketones is 1. The van der Waals surface area contributed by atoms with Gasteiger partial charge in [0.15, 0.2) is 12.4 Å². The third kappa shape index (κ3) is 3.21. The molecule has 0 unspecified atom stereocenters. The van der Waals surface area contributed by atoms with E-state index in [1.165, 1.54) is 17.0 Å². The zero-order valence-electron chi connectivity index (χ0n) is 17.5. The molecule has 7 heteroatoms. The van der Waals surface area contributed by atoms with Crippen LogP contribution in [0.2, 0.25) is 0 Å². The molecule has 0 radical (unpaired) electrons. The molecule has 2 aromatic carbocycles. The Morgan fingerprint density at radius 1 is 0.848 bits per heavy atom. The van der Waals surface area contributed by atoms with Crippen LogP contribution in [0.5, 0.6) is 0 Å². The lowest BCUT2D eigenvalue weighted by Gasteiger charge is -2.37. The number of allylic oxidation sites excluding steroid dienone is 2. The zero-order valence-corrected chi connectivity index (χ0v) is 19.1. The van der Waals surface area contributed by atoms with Gasteiger partial charge < -0.3 is 4.74 Å². The Morgan fingerprint density at radius 2 is 1.39 bits per heavy atom. The molecule has 0 aromatic heterocycles. The molecular formula is C26H20BrNO5. The fourth-order valence-corrected chi connectivity index (χ4v) is 6.16. The predicted octanol–water partition coefficient (Wildman–Crippen LogP) is 4.05. The summed E-state index contributed by atoms with van der Waals surface area (Å²) in [5, 5.41) is 0. The summed E-state index contributed by atoms with van der Waals surface area (Å²) >= 11 is 3.31. The van der Waals surface area contributed by atoms with Gasteiger partial charge in [-0.25, -0.2) is 4.79 Å². The first-order valence-electron chi connectivity index (χ1n) is 11.1. The van der Waals surface area contributed by atoms with Gasteiger partial charge in [0.2, 0.25) is 11.8 Å². The fourth-order valence-electron chi connectivity index (χ4n) is 5.89. The lowest BCUT2D eigenvalue weighted by atomic mass is 9.63. The molecule has 2 aromatic rings. The molecule has 4 aliphatic carbocycles. The van der Waals surface area contributed by atoms with E-state index in [1.54, 1.807) is 36.4 Å². The van der Waals surface area contributed by atoms with Gasteiger partial charge in [0.1, 0.15) is 0 Å². The molecule has 2 amide bonds. The topological polar surface area (TPSA) is 80.8 Å². The highest BCUT2D eigenvalue weighted by atomic mass is 79.9. The van der Waals surface area contributed by atoms with Crippen LogP contribution in [0, 0.1) is 35.5 Å². The third-order valence-electron chi connectivity index (χ3n) is 7.52. The van der Waals surface area contributed by atoms with Gasteiger partial charge in [-0.15, -0.1) is 0 Å². The van der Waals surface area contributed by atoms with Gasteiger partial charge in [-0.1, -0.05) is 40.2 Å². The number of amides is 2. The Hall–Kier alpha value is -3.06. The second-order valence-corrected chi connectivity index (χ2v) is 10.1. The normalized spacial score (nSPS) is 30.8. The zero-order chi connectivity index (χ0) is 22.9. The van der Waals surface area contributed by atoms with E-state index in [0.29, 0.717) is 23.1 Å². The van der Waals surface area contributed by atoms with Crippen LogP contribution in [0.3, 0.4) is 0 Å². The number of benzene rings is 2. The number of hydrogen-bond donors (Lipinski definition) is 0. The maximum Gasteiger partial charge on any atom is 0.338 e. The van der Waals surface area contributed by atoms with E-state index in [0.717, 1.165) is 10.9 Å². The maximum absolute atomic E-state index is 13.2. The average molecular weight is 506 g/mol. The standard InChI is InChI=1S/C26H20BrNO5/c27-15-5-1-13(2-6-15)21(29)12-33-26(32)14-3-7-16(8-4-14)28-24(30)22-17-9-10-18(20-11-19(17)20)23(22)25(28)31/h1-10,17-20,22-23H,11-12H2/t17-,18-,19-,20+,22-,23+/m0/s1. The summed E-state index contributed by atoms with van der Waals surface area (Å²) in [4.78, 5) is 52.3. The number of esters is 1. The molecule has 0 spiro atoms. The largest absolute Gasteiger partial charge is 0.454 e. The van der Waals surface area contributed by atoms with E-state index in [-0.39, 0.29) is 53.4 Å². The molecule has 6 nitrogen and oxygen atoms in total. The Morgan fingerprint density at radius 3 is 1.97 bits per heavy atom. The molecule has 2 saturated carbocycles. The number of Topliss-reactive ketones (excluding diaryl/α,β-unsaturated/α-hetero) is 1. The van der Waals surface area contributed by atoms with Gasteiger partial charge in [0.25, 0.3) is 0 Å². The van der Waals surface area contributed by atoms with Crippen LogP contribution in [0.25, 0.3) is 0 Å². The molecule has 33 heavy (non-hydrogen) atoms. The van der Waals surface area contributed by atoms with Crippen molar-refractivity contribution in [3.8, 4) is 0 Å². The fraction of sp³-hybridized carbons (Fsp3) is 0.308. The number of ether oxygens (including phenoxy) is 1. The van der Waals surface area contributed by atoms with E-state index in [9.17, 15) is 19.2 Å². The first-order valence-corrected chi connectivity index (χ1v) is 11.9. The quantitative estimate of drug-likeness (QED) is 0.265. The molecule has 166 valence electrons. The van der Waals surface area contributed by atoms with Gasteiger partial charge in [-0.3, -0.25) is 19.3 Å². The number of hydrogen-bond acceptors (Lipinski definition) is 5. The highest BCUT2D eigenvalue weighted by molar-refractivity contribution is 9.10. The Kier molecular flexibility index (Phi) is 4.66. The number of nitrogens with zero attached hydrogens (tertiary/aromatic N) is 1. The molecule has 7 rings (SSSR count). The molecule has 6 atom stereocenters. The van der Waals surface area contributed by atoms with Crippen molar-refractivity contribution >= 4 is 45.2 Å². The molecule has 1 heterocycles. The summed E-state index contributed by atoms with van der Waals surface area (Å²) in [6.07, 6.45) is 5.41. The summed E-state index contributed by atoms with van der Waals surface area (Å²) in [6, 6.07) is 13.0. The summed E-state index contributed by atoms with van der Waals surface area (Å²) < 4.78 is 6.01. The van der Waals surface area contributed by atoms with Crippen LogP contribution >= 0.6 is 15.9 Å². The molecule has 0 N–H and O–H groups in total. The summed E-state index contributed by atoms with van der Waals surface area (Å²) in [5.74, 6) is -0.281. The highest BCUT2D eigenvalue weighted by Gasteiger charge is 2.67. The van der Waals surface area contributed by atoms with E-state index >= 15 is 0 Å². The number of carbonyl (C=O) groups excluding carboxylic acids is 4. The number of imide groups is 1. The Bertz CT molecular complexity index is 1180. The van der Waals surface area contributed by atoms with Gasteiger partial charge in [-0.05, 0) is 66.5 Å². The molecular weight excluding hydrogens is 486 g/mol. The van der Waals surface area contributed by atoms with Crippen LogP contribution in [0.1, 0.15) is 27.1 Å². The highest BCUT2D eigenvalue weighted by Crippen LogP contribution is 2.65. The van der Waals surface area contributed by atoms with E-state index in [4.69, 9.17) is 4.74 Å². The van der Waals surface area contributed by atoms with Crippen LogP contribution in [-0.4, -0.2) is 30.2 Å². The van der Waals surface area contributed by atoms with Gasteiger partial charge in [0.05, 0.1) is 23.1 Å². The van der Waals surface area contributed by atoms with Crippen molar-refractivity contribution in [2.75, 3.05) is 11.5 Å². The SMILES string of the molecule is O=C(COC(=O)c1ccc(N2C(=O)[C@@H]3[C@H]4C=C[C@@H]([C@@H]5C[C@H]45)[C@@H]3C2=O)cc1)c1ccc(Br)cc1. The van der Waals surface area contributed by atoms with Gasteiger partial charge in [-0.2, -0.15) is 0 Å². The minimum Gasteiger partial charge on any atom is -0.454 e. The van der Waals surface area contributed by atoms with Crippen molar-refractivity contribution in [2.24, 2.45) is 35.5 Å². The molecule has 5 aliphatic rings. The number of anilines is 1. The minimum atomic E-state index is -0.637. The Balaban J connectivity index is 1.14. The Labute approximate surface area is 198 Å². The van der Waals surface area contributed by atoms with E-state index in [1.807, 2.05) is 0 Å². The summed E-state index contributed by atoms with van der Waals surface area (Å²) in [6.45, 7) is -0.368. The minimum absolute atomic E-state index is 0.134. The molecule has 2 bridgehead atoms. The van der Waals surface area contributed by atoms with Gasteiger partial charge >= 0.3 is 5.97 Å². The van der Waals surface area contributed by atoms with Crippen LogP contribution in [0.4, 0.5) is 5.69 Å². The lowest BCUT2D eigenvalue weighted by Crippen LogP contribution is -2.40. The second-order valence-electron chi connectivity index (χ2n) is 9.22. The predicted molar refractivity (Wildman–Crippen MR) is 122 cm³/mol.